The van der Waals surface area contributed by atoms with Crippen LogP contribution in [-0.4, -0.2) is 35.0 Å². The predicted octanol–water partition coefficient (Wildman–Crippen LogP) is 1.73. The maximum atomic E-state index is 11.3. The lowest BCUT2D eigenvalue weighted by Gasteiger charge is -2.12. The topological polar surface area (TPSA) is 79.9 Å². The largest absolute Gasteiger partial charge is 0.464 e. The van der Waals surface area contributed by atoms with Crippen molar-refractivity contribution in [3.63, 3.8) is 0 Å². The van der Waals surface area contributed by atoms with Crippen molar-refractivity contribution in [2.75, 3.05) is 6.61 Å². The van der Waals surface area contributed by atoms with E-state index in [1.807, 2.05) is 24.3 Å². The number of hydrogen-bond acceptors (Lipinski definition) is 5. The quantitative estimate of drug-likeness (QED) is 0.813. The van der Waals surface area contributed by atoms with Gasteiger partial charge in [-0.15, -0.1) is 0 Å². The Bertz CT molecular complexity index is 614. The van der Waals surface area contributed by atoms with E-state index in [9.17, 15) is 15.0 Å². The van der Waals surface area contributed by atoms with E-state index in [1.165, 1.54) is 6.08 Å². The van der Waals surface area contributed by atoms with Crippen molar-refractivity contribution >= 4 is 23.0 Å². The molecule has 2 N–H and O–H groups in total. The molecule has 0 aliphatic carbocycles. The van der Waals surface area contributed by atoms with E-state index >= 15 is 0 Å². The van der Waals surface area contributed by atoms with Crippen LogP contribution in [0.4, 0.5) is 0 Å². The molecule has 2 atom stereocenters. The van der Waals surface area contributed by atoms with Gasteiger partial charge in [-0.3, -0.25) is 0 Å². The van der Waals surface area contributed by atoms with Gasteiger partial charge in [-0.25, -0.2) is 4.79 Å². The average Bonchev–Trinajstić information content (AvgIpc) is 2.87. The summed E-state index contributed by atoms with van der Waals surface area (Å²) in [5, 5.41) is 20.2. The van der Waals surface area contributed by atoms with Crippen molar-refractivity contribution in [3.05, 3.63) is 42.2 Å². The zero-order chi connectivity index (χ0) is 14.5. The van der Waals surface area contributed by atoms with Crippen molar-refractivity contribution in [1.82, 2.24) is 0 Å². The van der Waals surface area contributed by atoms with Crippen LogP contribution in [-0.2, 0) is 9.53 Å². The van der Waals surface area contributed by atoms with E-state index in [4.69, 9.17) is 4.42 Å². The molecular formula is C15H16O5. The Morgan fingerprint density at radius 1 is 1.40 bits per heavy atom. The highest BCUT2D eigenvalue weighted by molar-refractivity contribution is 5.87. The molecule has 0 bridgehead atoms. The van der Waals surface area contributed by atoms with Crippen LogP contribution >= 0.6 is 0 Å². The summed E-state index contributed by atoms with van der Waals surface area (Å²) in [5.74, 6) is -0.846. The molecule has 0 amide bonds. The second kappa shape index (κ2) is 6.36. The highest BCUT2D eigenvalue weighted by Gasteiger charge is 2.23. The van der Waals surface area contributed by atoms with Crippen molar-refractivity contribution in [3.8, 4) is 0 Å². The lowest BCUT2D eigenvalue weighted by molar-refractivity contribution is -0.157. The van der Waals surface area contributed by atoms with Crippen LogP contribution in [0.2, 0.25) is 0 Å². The standard InChI is InChI=1S/C15H16O5/c1-2-19-15(18)14(17)12(16)8-7-10-9-20-13-6-4-3-5-11(10)13/h3-9,12,14,16-17H,2H2,1H3/b8-7+/t12-,14+/m0/s1. The molecule has 0 saturated heterocycles. The number of hydrogen-bond donors (Lipinski definition) is 2. The molecule has 2 rings (SSSR count). The normalized spacial score (nSPS) is 14.6. The number of carbonyl (C=O) groups is 1. The number of esters is 1. The number of carbonyl (C=O) groups excluding carboxylic acids is 1. The van der Waals surface area contributed by atoms with Gasteiger partial charge >= 0.3 is 5.97 Å². The van der Waals surface area contributed by atoms with Crippen LogP contribution in [0.15, 0.2) is 41.0 Å². The minimum Gasteiger partial charge on any atom is -0.464 e. The SMILES string of the molecule is CCOC(=O)[C@H](O)[C@@H](O)/C=C/c1coc2ccccc12. The lowest BCUT2D eigenvalue weighted by atomic mass is 10.1. The maximum absolute atomic E-state index is 11.3. The Hall–Kier alpha value is -2.11. The third-order valence-electron chi connectivity index (χ3n) is 2.84. The van der Waals surface area contributed by atoms with Crippen LogP contribution in [0.3, 0.4) is 0 Å². The Morgan fingerprint density at radius 2 is 2.15 bits per heavy atom. The summed E-state index contributed by atoms with van der Waals surface area (Å²) < 4.78 is 9.97. The van der Waals surface area contributed by atoms with Gasteiger partial charge in [0.05, 0.1) is 12.9 Å². The molecule has 0 spiro atoms. The van der Waals surface area contributed by atoms with E-state index in [0.29, 0.717) is 0 Å². The Labute approximate surface area is 116 Å². The summed E-state index contributed by atoms with van der Waals surface area (Å²) in [6.45, 7) is 1.78. The highest BCUT2D eigenvalue weighted by atomic mass is 16.5. The number of para-hydroxylation sites is 1. The fraction of sp³-hybridized carbons (Fsp3) is 0.267. The first kappa shape index (κ1) is 14.3. The first-order chi connectivity index (χ1) is 9.63. The maximum Gasteiger partial charge on any atom is 0.338 e. The fourth-order valence-electron chi connectivity index (χ4n) is 1.80. The molecule has 0 saturated carbocycles. The minimum absolute atomic E-state index is 0.151. The number of fused-ring (bicyclic) bond motifs is 1. The molecule has 1 aromatic heterocycles. The van der Waals surface area contributed by atoms with E-state index < -0.39 is 18.2 Å². The van der Waals surface area contributed by atoms with Crippen molar-refractivity contribution in [1.29, 1.82) is 0 Å². The van der Waals surface area contributed by atoms with Crippen molar-refractivity contribution in [2.45, 2.75) is 19.1 Å². The van der Waals surface area contributed by atoms with Crippen LogP contribution in [0.25, 0.3) is 17.0 Å². The number of furan rings is 1. The molecule has 0 aliphatic heterocycles. The fourth-order valence-corrected chi connectivity index (χ4v) is 1.80. The molecule has 5 heteroatoms. The highest BCUT2D eigenvalue weighted by Crippen LogP contribution is 2.22. The lowest BCUT2D eigenvalue weighted by Crippen LogP contribution is -2.34. The van der Waals surface area contributed by atoms with Crippen molar-refractivity contribution in [2.24, 2.45) is 0 Å². The smallest absolute Gasteiger partial charge is 0.338 e. The second-order valence-electron chi connectivity index (χ2n) is 4.23. The summed E-state index contributed by atoms with van der Waals surface area (Å²) in [7, 11) is 0. The molecule has 20 heavy (non-hydrogen) atoms. The molecule has 106 valence electrons. The molecule has 2 aromatic rings. The van der Waals surface area contributed by atoms with Crippen LogP contribution < -0.4 is 0 Å². The number of aliphatic hydroxyl groups excluding tert-OH is 2. The van der Waals surface area contributed by atoms with Gasteiger partial charge in [0.1, 0.15) is 11.7 Å². The van der Waals surface area contributed by atoms with Crippen LogP contribution in [0, 0.1) is 0 Å². The molecule has 0 fully saturated rings. The Kier molecular flexibility index (Phi) is 4.55. The number of rotatable bonds is 5. The predicted molar refractivity (Wildman–Crippen MR) is 73.9 cm³/mol. The van der Waals surface area contributed by atoms with Gasteiger partial charge in [-0.05, 0) is 13.0 Å². The van der Waals surface area contributed by atoms with Gasteiger partial charge < -0.3 is 19.4 Å². The van der Waals surface area contributed by atoms with Crippen LogP contribution in [0.5, 0.6) is 0 Å². The van der Waals surface area contributed by atoms with Gasteiger partial charge in [0.2, 0.25) is 0 Å². The summed E-state index contributed by atoms with van der Waals surface area (Å²) in [6.07, 6.45) is 1.55. The number of ether oxygens (including phenoxy) is 1. The van der Waals surface area contributed by atoms with E-state index in [0.717, 1.165) is 16.5 Å². The molecule has 0 unspecified atom stereocenters. The zero-order valence-corrected chi connectivity index (χ0v) is 11.0. The molecule has 0 radical (unpaired) electrons. The van der Waals surface area contributed by atoms with Crippen molar-refractivity contribution < 1.29 is 24.2 Å². The molecular weight excluding hydrogens is 260 g/mol. The molecule has 0 aliphatic rings. The Morgan fingerprint density at radius 3 is 2.90 bits per heavy atom. The zero-order valence-electron chi connectivity index (χ0n) is 11.0. The van der Waals surface area contributed by atoms with Gasteiger partial charge in [0.15, 0.2) is 6.10 Å². The Balaban J connectivity index is 2.10. The van der Waals surface area contributed by atoms with Crippen LogP contribution in [0.1, 0.15) is 12.5 Å². The number of benzene rings is 1. The minimum atomic E-state index is -1.59. The molecule has 1 heterocycles. The third-order valence-corrected chi connectivity index (χ3v) is 2.84. The summed E-state index contributed by atoms with van der Waals surface area (Å²) in [4.78, 5) is 11.3. The first-order valence-electron chi connectivity index (χ1n) is 6.30. The summed E-state index contributed by atoms with van der Waals surface area (Å²) >= 11 is 0. The number of aliphatic hydroxyl groups is 2. The first-order valence-corrected chi connectivity index (χ1v) is 6.30. The van der Waals surface area contributed by atoms with E-state index in [1.54, 1.807) is 19.3 Å². The van der Waals surface area contributed by atoms with Gasteiger partial charge in [-0.1, -0.05) is 30.4 Å². The van der Waals surface area contributed by atoms with Gasteiger partial charge in [-0.2, -0.15) is 0 Å². The third kappa shape index (κ3) is 3.07. The molecule has 1 aromatic carbocycles. The summed E-state index contributed by atoms with van der Waals surface area (Å²) in [5.41, 5.74) is 1.49. The van der Waals surface area contributed by atoms with Gasteiger partial charge in [0, 0.05) is 10.9 Å². The summed E-state index contributed by atoms with van der Waals surface area (Å²) in [6, 6.07) is 7.45. The second-order valence-corrected chi connectivity index (χ2v) is 4.23. The van der Waals surface area contributed by atoms with Gasteiger partial charge in [0.25, 0.3) is 0 Å². The average molecular weight is 276 g/mol. The molecule has 5 nitrogen and oxygen atoms in total. The van der Waals surface area contributed by atoms with E-state index in [2.05, 4.69) is 4.74 Å². The van der Waals surface area contributed by atoms with E-state index in [-0.39, 0.29) is 6.61 Å². The monoisotopic (exact) mass is 276 g/mol.